The maximum atomic E-state index is 13.6. The Balaban J connectivity index is 1.15. The molecule has 1 saturated heterocycles. The summed E-state index contributed by atoms with van der Waals surface area (Å²) in [6.07, 6.45) is 2.06. The fraction of sp³-hybridized carbons (Fsp3) is 0.464. The van der Waals surface area contributed by atoms with Crippen LogP contribution in [0.15, 0.2) is 42.5 Å². The number of piperidine rings is 1. The van der Waals surface area contributed by atoms with Gasteiger partial charge >= 0.3 is 10.2 Å². The Kier molecular flexibility index (Phi) is 8.30. The highest BCUT2D eigenvalue weighted by atomic mass is 35.5. The summed E-state index contributed by atoms with van der Waals surface area (Å²) in [6, 6.07) is 10.9. The Morgan fingerprint density at radius 3 is 2.53 bits per heavy atom. The molecule has 1 fully saturated rings. The topological polar surface area (TPSA) is 128 Å². The molecule has 2 N–H and O–H groups in total. The van der Waals surface area contributed by atoms with Crippen LogP contribution in [0, 0.1) is 5.82 Å². The summed E-state index contributed by atoms with van der Waals surface area (Å²) in [7, 11) is -7.09. The number of aliphatic hydroxyl groups is 1. The van der Waals surface area contributed by atoms with Gasteiger partial charge in [-0.25, -0.2) is 12.8 Å². The van der Waals surface area contributed by atoms with Gasteiger partial charge in [0, 0.05) is 73.6 Å². The SMILES string of the molecule is CS(=O)(=O)N1CCc2c(c(-c3ccc(F)cc3)nn2CC(O)CN2CCC(N3c4ccc(Cl)cc4CNS3(=O)=O)CC2)C1. The molecule has 0 aliphatic carbocycles. The van der Waals surface area contributed by atoms with Gasteiger partial charge in [0.05, 0.1) is 30.3 Å². The Labute approximate surface area is 256 Å². The molecule has 3 aromatic rings. The average Bonchev–Trinajstić information content (AvgIpc) is 3.31. The third-order valence-corrected chi connectivity index (χ3v) is 11.4. The molecular weight excluding hydrogens is 619 g/mol. The van der Waals surface area contributed by atoms with Crippen LogP contribution in [-0.4, -0.2) is 85.5 Å². The van der Waals surface area contributed by atoms with Crippen LogP contribution in [0.1, 0.15) is 29.7 Å². The van der Waals surface area contributed by atoms with Crippen molar-refractivity contribution in [1.82, 2.24) is 23.7 Å². The second-order valence-corrected chi connectivity index (χ2v) is 15.4. The molecule has 0 spiro atoms. The van der Waals surface area contributed by atoms with Crippen molar-refractivity contribution in [1.29, 1.82) is 0 Å². The van der Waals surface area contributed by atoms with Gasteiger partial charge in [0.2, 0.25) is 10.0 Å². The first kappa shape index (κ1) is 30.4. The van der Waals surface area contributed by atoms with Crippen LogP contribution in [0.2, 0.25) is 5.02 Å². The number of rotatable bonds is 7. The summed E-state index contributed by atoms with van der Waals surface area (Å²) in [5, 5.41) is 16.4. The molecule has 1 unspecified atom stereocenters. The van der Waals surface area contributed by atoms with E-state index < -0.39 is 26.3 Å². The van der Waals surface area contributed by atoms with E-state index in [9.17, 15) is 26.3 Å². The third-order valence-electron chi connectivity index (χ3n) is 8.41. The van der Waals surface area contributed by atoms with E-state index in [0.717, 1.165) is 16.8 Å². The van der Waals surface area contributed by atoms with E-state index in [0.29, 0.717) is 67.4 Å². The lowest BCUT2D eigenvalue weighted by Gasteiger charge is -2.41. The number of aromatic nitrogens is 2. The van der Waals surface area contributed by atoms with Gasteiger partial charge in [-0.05, 0) is 60.9 Å². The zero-order valence-electron chi connectivity index (χ0n) is 23.7. The first-order chi connectivity index (χ1) is 20.4. The van der Waals surface area contributed by atoms with Crippen LogP contribution in [0.4, 0.5) is 10.1 Å². The highest BCUT2D eigenvalue weighted by Crippen LogP contribution is 2.35. The number of likely N-dealkylation sites (tertiary alicyclic amines) is 1. The smallest absolute Gasteiger partial charge is 0.302 e. The van der Waals surface area contributed by atoms with Gasteiger partial charge in [-0.15, -0.1) is 0 Å². The van der Waals surface area contributed by atoms with Gasteiger partial charge in [0.15, 0.2) is 0 Å². The van der Waals surface area contributed by atoms with Crippen LogP contribution in [-0.2, 0) is 46.3 Å². The molecule has 3 aliphatic heterocycles. The van der Waals surface area contributed by atoms with E-state index in [1.807, 2.05) is 0 Å². The van der Waals surface area contributed by atoms with Crippen molar-refractivity contribution in [2.24, 2.45) is 0 Å². The number of sulfonamides is 1. The molecule has 1 atom stereocenters. The summed E-state index contributed by atoms with van der Waals surface area (Å²) in [5.41, 5.74) is 4.36. The Morgan fingerprint density at radius 2 is 1.84 bits per heavy atom. The molecule has 1 aromatic heterocycles. The molecule has 0 bridgehead atoms. The largest absolute Gasteiger partial charge is 0.390 e. The van der Waals surface area contributed by atoms with Gasteiger partial charge in [-0.2, -0.15) is 22.5 Å². The lowest BCUT2D eigenvalue weighted by Crippen LogP contribution is -2.54. The molecule has 2 aromatic carbocycles. The van der Waals surface area contributed by atoms with E-state index in [1.165, 1.54) is 27.0 Å². The molecule has 0 amide bonds. The molecule has 6 rings (SSSR count). The van der Waals surface area contributed by atoms with E-state index in [1.54, 1.807) is 35.0 Å². The molecule has 43 heavy (non-hydrogen) atoms. The quantitative estimate of drug-likeness (QED) is 0.401. The first-order valence-electron chi connectivity index (χ1n) is 14.2. The van der Waals surface area contributed by atoms with Crippen molar-refractivity contribution >= 4 is 37.5 Å². The van der Waals surface area contributed by atoms with Gasteiger partial charge in [-0.1, -0.05) is 11.6 Å². The normalized spacial score (nSPS) is 20.5. The van der Waals surface area contributed by atoms with Gasteiger partial charge in [0.1, 0.15) is 5.82 Å². The summed E-state index contributed by atoms with van der Waals surface area (Å²) in [6.45, 7) is 2.48. The van der Waals surface area contributed by atoms with Crippen molar-refractivity contribution in [2.45, 2.75) is 51.0 Å². The Hall–Kier alpha value is -2.59. The van der Waals surface area contributed by atoms with Crippen molar-refractivity contribution in [3.63, 3.8) is 0 Å². The fourth-order valence-corrected chi connectivity index (χ4v) is 8.80. The maximum Gasteiger partial charge on any atom is 0.302 e. The summed E-state index contributed by atoms with van der Waals surface area (Å²) >= 11 is 6.14. The van der Waals surface area contributed by atoms with Crippen LogP contribution < -0.4 is 9.03 Å². The zero-order valence-corrected chi connectivity index (χ0v) is 26.0. The van der Waals surface area contributed by atoms with Gasteiger partial charge < -0.3 is 10.0 Å². The highest BCUT2D eigenvalue weighted by molar-refractivity contribution is 7.91. The molecule has 0 saturated carbocycles. The molecular formula is C28H34ClFN6O5S2. The second kappa shape index (κ2) is 11.7. The minimum Gasteiger partial charge on any atom is -0.390 e. The summed E-state index contributed by atoms with van der Waals surface area (Å²) in [5.74, 6) is -0.378. The Bertz CT molecular complexity index is 1730. The molecule has 3 aliphatic rings. The number of aliphatic hydroxyl groups excluding tert-OH is 1. The number of hydrogen-bond acceptors (Lipinski definition) is 7. The molecule has 232 valence electrons. The van der Waals surface area contributed by atoms with Crippen LogP contribution in [0.25, 0.3) is 11.3 Å². The van der Waals surface area contributed by atoms with E-state index >= 15 is 0 Å². The van der Waals surface area contributed by atoms with Crippen molar-refractivity contribution in [3.8, 4) is 11.3 Å². The van der Waals surface area contributed by atoms with E-state index in [-0.39, 0.29) is 31.5 Å². The van der Waals surface area contributed by atoms with Crippen LogP contribution in [0.5, 0.6) is 0 Å². The minimum atomic E-state index is -3.68. The highest BCUT2D eigenvalue weighted by Gasteiger charge is 2.37. The standard InChI is InChI=1S/C28H34ClFN6O5S2/c1-42(38,39)34-13-10-27-25(18-34)28(19-2-5-22(30)6-3-19)32-35(27)17-24(37)16-33-11-8-23(9-12-33)36-26-7-4-21(29)14-20(26)15-31-43(36,40)41/h2-7,14,23-24,31,37H,8-13,15-18H2,1H3. The number of nitrogens with zero attached hydrogens (tertiary/aromatic N) is 5. The third kappa shape index (κ3) is 6.32. The monoisotopic (exact) mass is 652 g/mol. The summed E-state index contributed by atoms with van der Waals surface area (Å²) in [4.78, 5) is 2.12. The minimum absolute atomic E-state index is 0.161. The lowest BCUT2D eigenvalue weighted by molar-refractivity contribution is 0.0820. The molecule has 0 radical (unpaired) electrons. The maximum absolute atomic E-state index is 13.6. The fourth-order valence-electron chi connectivity index (χ4n) is 6.30. The van der Waals surface area contributed by atoms with Gasteiger partial charge in [-0.3, -0.25) is 8.99 Å². The van der Waals surface area contributed by atoms with E-state index in [4.69, 9.17) is 16.7 Å². The average molecular weight is 653 g/mol. The predicted molar refractivity (Wildman–Crippen MR) is 162 cm³/mol. The summed E-state index contributed by atoms with van der Waals surface area (Å²) < 4.78 is 71.4. The van der Waals surface area contributed by atoms with Crippen molar-refractivity contribution in [3.05, 3.63) is 70.1 Å². The predicted octanol–water partition coefficient (Wildman–Crippen LogP) is 2.34. The van der Waals surface area contributed by atoms with Crippen molar-refractivity contribution in [2.75, 3.05) is 36.7 Å². The number of nitrogens with one attached hydrogen (secondary N) is 1. The lowest BCUT2D eigenvalue weighted by atomic mass is 10.0. The zero-order chi connectivity index (χ0) is 30.5. The second-order valence-electron chi connectivity index (χ2n) is 11.4. The molecule has 15 heteroatoms. The van der Waals surface area contributed by atoms with Crippen LogP contribution in [0.3, 0.4) is 0 Å². The van der Waals surface area contributed by atoms with Crippen molar-refractivity contribution < 1.29 is 26.3 Å². The number of hydrogen-bond donors (Lipinski definition) is 2. The molecule has 11 nitrogen and oxygen atoms in total. The Morgan fingerprint density at radius 1 is 1.12 bits per heavy atom. The van der Waals surface area contributed by atoms with Crippen LogP contribution >= 0.6 is 11.6 Å². The number of anilines is 1. The number of benzene rings is 2. The first-order valence-corrected chi connectivity index (χ1v) is 17.8. The number of fused-ring (bicyclic) bond motifs is 2. The number of β-amino-alcohol motifs (C(OH)–C–C–N with tert-alkyl or cyclic N) is 1. The van der Waals surface area contributed by atoms with Gasteiger partial charge in [0.25, 0.3) is 0 Å². The van der Waals surface area contributed by atoms with E-state index in [2.05, 4.69) is 9.62 Å². The number of halogens is 2. The molecule has 4 heterocycles.